The molecule has 1 heterocycles. The molecule has 0 radical (unpaired) electrons. The van der Waals surface area contributed by atoms with Gasteiger partial charge in [-0.1, -0.05) is 18.2 Å². The molecule has 3 N–H and O–H groups in total. The Morgan fingerprint density at radius 3 is 2.82 bits per heavy atom. The first-order valence-corrected chi connectivity index (χ1v) is 6.02. The zero-order chi connectivity index (χ0) is 11.5. The molecule has 0 saturated carbocycles. The van der Waals surface area contributed by atoms with Gasteiger partial charge in [-0.3, -0.25) is 4.79 Å². The van der Waals surface area contributed by atoms with Crippen molar-refractivity contribution in [2.45, 2.75) is 13.0 Å². The van der Waals surface area contributed by atoms with Crippen molar-refractivity contribution in [3.05, 3.63) is 35.2 Å². The van der Waals surface area contributed by atoms with E-state index < -0.39 is 0 Å². The first-order valence-electron chi connectivity index (χ1n) is 5.20. The van der Waals surface area contributed by atoms with Crippen molar-refractivity contribution in [1.82, 2.24) is 5.32 Å². The van der Waals surface area contributed by atoms with Gasteiger partial charge in [0.1, 0.15) is 0 Å². The van der Waals surface area contributed by atoms with E-state index in [1.165, 1.54) is 11.3 Å². The molecule has 0 aliphatic rings. The lowest BCUT2D eigenvalue weighted by Crippen LogP contribution is -2.37. The lowest BCUT2D eigenvalue weighted by atomic mass is 10.2. The van der Waals surface area contributed by atoms with Gasteiger partial charge in [0.25, 0.3) is 5.91 Å². The van der Waals surface area contributed by atoms with Gasteiger partial charge in [-0.2, -0.15) is 0 Å². The summed E-state index contributed by atoms with van der Waals surface area (Å²) >= 11 is 1.50. The molecular formula is C12H15ClN2OS. The third-order valence-electron chi connectivity index (χ3n) is 2.38. The van der Waals surface area contributed by atoms with Crippen LogP contribution in [0.25, 0.3) is 10.1 Å². The molecule has 5 heteroatoms. The van der Waals surface area contributed by atoms with Crippen LogP contribution in [0.2, 0.25) is 0 Å². The molecule has 0 spiro atoms. The number of nitrogens with two attached hydrogens (primary N) is 1. The minimum atomic E-state index is -0.0425. The Morgan fingerprint density at radius 1 is 1.47 bits per heavy atom. The van der Waals surface area contributed by atoms with Crippen LogP contribution in [0.1, 0.15) is 16.6 Å². The quantitative estimate of drug-likeness (QED) is 0.900. The number of thiophene rings is 1. The number of carbonyl (C=O) groups excluding carboxylic acids is 1. The Hall–Kier alpha value is -1.10. The van der Waals surface area contributed by atoms with Crippen LogP contribution in [0.3, 0.4) is 0 Å². The fourth-order valence-corrected chi connectivity index (χ4v) is 2.41. The molecule has 17 heavy (non-hydrogen) atoms. The highest BCUT2D eigenvalue weighted by Gasteiger charge is 2.11. The normalized spacial score (nSPS) is 11.9. The molecule has 3 nitrogen and oxygen atoms in total. The van der Waals surface area contributed by atoms with E-state index >= 15 is 0 Å². The van der Waals surface area contributed by atoms with Gasteiger partial charge in [-0.05, 0) is 24.4 Å². The topological polar surface area (TPSA) is 55.1 Å². The van der Waals surface area contributed by atoms with Crippen LogP contribution in [0, 0.1) is 0 Å². The molecular weight excluding hydrogens is 256 g/mol. The average Bonchev–Trinajstić information content (AvgIpc) is 2.72. The zero-order valence-electron chi connectivity index (χ0n) is 9.47. The fraction of sp³-hybridized carbons (Fsp3) is 0.250. The number of hydrogen-bond donors (Lipinski definition) is 2. The average molecular weight is 271 g/mol. The van der Waals surface area contributed by atoms with Crippen LogP contribution in [0.4, 0.5) is 0 Å². The van der Waals surface area contributed by atoms with Gasteiger partial charge >= 0.3 is 0 Å². The van der Waals surface area contributed by atoms with Gasteiger partial charge in [0.2, 0.25) is 0 Å². The molecule has 0 aliphatic carbocycles. The van der Waals surface area contributed by atoms with Crippen LogP contribution in [-0.2, 0) is 0 Å². The molecule has 1 aromatic heterocycles. The molecule has 0 bridgehead atoms. The SMILES string of the molecule is C[C@@H](CN)NC(=O)c1cc2ccccc2s1.Cl. The molecule has 1 amide bonds. The van der Waals surface area contributed by atoms with Crippen LogP contribution >= 0.6 is 23.7 Å². The van der Waals surface area contributed by atoms with Gasteiger partial charge in [-0.25, -0.2) is 0 Å². The summed E-state index contributed by atoms with van der Waals surface area (Å²) in [7, 11) is 0. The predicted octanol–water partition coefficient (Wildman–Crippen LogP) is 2.40. The monoisotopic (exact) mass is 270 g/mol. The number of fused-ring (bicyclic) bond motifs is 1. The van der Waals surface area contributed by atoms with Crippen molar-refractivity contribution in [3.63, 3.8) is 0 Å². The molecule has 2 rings (SSSR count). The Morgan fingerprint density at radius 2 is 2.18 bits per heavy atom. The second-order valence-corrected chi connectivity index (χ2v) is 4.84. The predicted molar refractivity (Wildman–Crippen MR) is 75.1 cm³/mol. The Kier molecular flexibility index (Phi) is 4.93. The smallest absolute Gasteiger partial charge is 0.261 e. The van der Waals surface area contributed by atoms with E-state index in [0.29, 0.717) is 6.54 Å². The minimum Gasteiger partial charge on any atom is -0.348 e. The first kappa shape index (κ1) is 14.0. The number of carbonyl (C=O) groups is 1. The number of amides is 1. The highest BCUT2D eigenvalue weighted by molar-refractivity contribution is 7.20. The molecule has 92 valence electrons. The molecule has 0 saturated heterocycles. The maximum atomic E-state index is 11.8. The molecule has 1 atom stereocenters. The summed E-state index contributed by atoms with van der Waals surface area (Å²) < 4.78 is 1.13. The third kappa shape index (κ3) is 3.19. The largest absolute Gasteiger partial charge is 0.348 e. The second-order valence-electron chi connectivity index (χ2n) is 3.76. The van der Waals surface area contributed by atoms with E-state index in [-0.39, 0.29) is 24.4 Å². The lowest BCUT2D eigenvalue weighted by Gasteiger charge is -2.09. The van der Waals surface area contributed by atoms with Crippen molar-refractivity contribution >= 4 is 39.7 Å². The summed E-state index contributed by atoms with van der Waals surface area (Å²) in [5.74, 6) is -0.0425. The number of benzene rings is 1. The van der Waals surface area contributed by atoms with E-state index in [9.17, 15) is 4.79 Å². The van der Waals surface area contributed by atoms with E-state index in [4.69, 9.17) is 5.73 Å². The standard InChI is InChI=1S/C12H14N2OS.ClH/c1-8(7-13)14-12(15)11-6-9-4-2-3-5-10(9)16-11;/h2-6,8H,7,13H2,1H3,(H,14,15);1H/t8-;/m0./s1. The Balaban J connectivity index is 0.00000144. The summed E-state index contributed by atoms with van der Waals surface area (Å²) in [6.07, 6.45) is 0. The van der Waals surface area contributed by atoms with Gasteiger partial charge in [0.05, 0.1) is 4.88 Å². The number of rotatable bonds is 3. The molecule has 0 aliphatic heterocycles. The van der Waals surface area contributed by atoms with Crippen LogP contribution in [-0.4, -0.2) is 18.5 Å². The van der Waals surface area contributed by atoms with Crippen molar-refractivity contribution in [2.24, 2.45) is 5.73 Å². The number of halogens is 1. The van der Waals surface area contributed by atoms with Crippen molar-refractivity contribution < 1.29 is 4.79 Å². The van der Waals surface area contributed by atoms with Gasteiger partial charge < -0.3 is 11.1 Å². The molecule has 2 aromatic rings. The first-order chi connectivity index (χ1) is 7.70. The lowest BCUT2D eigenvalue weighted by molar-refractivity contribution is 0.0945. The Labute approximate surface area is 110 Å². The van der Waals surface area contributed by atoms with Crippen LogP contribution in [0.15, 0.2) is 30.3 Å². The molecule has 0 fully saturated rings. The van der Waals surface area contributed by atoms with Crippen LogP contribution < -0.4 is 11.1 Å². The zero-order valence-corrected chi connectivity index (χ0v) is 11.1. The van der Waals surface area contributed by atoms with Gasteiger partial charge in [-0.15, -0.1) is 23.7 Å². The minimum absolute atomic E-state index is 0. The van der Waals surface area contributed by atoms with Crippen molar-refractivity contribution in [3.8, 4) is 0 Å². The van der Waals surface area contributed by atoms with E-state index in [2.05, 4.69) is 5.32 Å². The summed E-state index contributed by atoms with van der Waals surface area (Å²) in [6, 6.07) is 9.90. The number of nitrogens with one attached hydrogen (secondary N) is 1. The van der Waals surface area contributed by atoms with E-state index in [1.807, 2.05) is 37.3 Å². The van der Waals surface area contributed by atoms with Crippen molar-refractivity contribution in [2.75, 3.05) is 6.54 Å². The summed E-state index contributed by atoms with van der Waals surface area (Å²) in [6.45, 7) is 2.35. The van der Waals surface area contributed by atoms with E-state index in [1.54, 1.807) is 0 Å². The summed E-state index contributed by atoms with van der Waals surface area (Å²) in [5.41, 5.74) is 5.46. The number of hydrogen-bond acceptors (Lipinski definition) is 3. The molecule has 1 aromatic carbocycles. The maximum absolute atomic E-state index is 11.8. The van der Waals surface area contributed by atoms with Crippen LogP contribution in [0.5, 0.6) is 0 Å². The van der Waals surface area contributed by atoms with Gasteiger partial charge in [0.15, 0.2) is 0 Å². The summed E-state index contributed by atoms with van der Waals surface area (Å²) in [4.78, 5) is 12.6. The summed E-state index contributed by atoms with van der Waals surface area (Å²) in [5, 5.41) is 3.96. The highest BCUT2D eigenvalue weighted by Crippen LogP contribution is 2.24. The second kappa shape index (κ2) is 6.00. The van der Waals surface area contributed by atoms with Crippen molar-refractivity contribution in [1.29, 1.82) is 0 Å². The fourth-order valence-electron chi connectivity index (χ4n) is 1.45. The Bertz CT molecular complexity index is 479. The van der Waals surface area contributed by atoms with Gasteiger partial charge in [0, 0.05) is 17.3 Å². The molecule has 0 unspecified atom stereocenters. The highest BCUT2D eigenvalue weighted by atomic mass is 35.5. The maximum Gasteiger partial charge on any atom is 0.261 e. The van der Waals surface area contributed by atoms with E-state index in [0.717, 1.165) is 15.0 Å². The third-order valence-corrected chi connectivity index (χ3v) is 3.50.